The zero-order valence-electron chi connectivity index (χ0n) is 17.9. The van der Waals surface area contributed by atoms with Crippen molar-refractivity contribution in [2.75, 3.05) is 39.9 Å². The molecule has 1 saturated heterocycles. The van der Waals surface area contributed by atoms with Crippen LogP contribution < -0.4 is 15.4 Å². The number of ether oxygens (including phenoxy) is 2. The summed E-state index contributed by atoms with van der Waals surface area (Å²) in [6.07, 6.45) is 6.94. The van der Waals surface area contributed by atoms with Gasteiger partial charge in [0, 0.05) is 51.0 Å². The topological polar surface area (TPSA) is 71.0 Å². The number of halogens is 1. The van der Waals surface area contributed by atoms with E-state index in [9.17, 15) is 0 Å². The lowest BCUT2D eigenvalue weighted by Gasteiger charge is -2.41. The molecule has 29 heavy (non-hydrogen) atoms. The molecule has 0 atom stereocenters. The van der Waals surface area contributed by atoms with Crippen LogP contribution in [0, 0.1) is 0 Å². The molecule has 8 heteroatoms. The number of nitrogens with zero attached hydrogens (tertiary/aromatic N) is 3. The molecule has 3 rings (SSSR count). The number of aromatic nitrogens is 1. The Balaban J connectivity index is 0.00000300. The standard InChI is InChI=1S/C21H35N5O2.HI/c1-21(2,26-10-12-27-13-11-26)16-25-20(22-3)24-15-17-8-9-23-19(14-17)28-18-6-4-5-7-18;/h8-9,14,18H,4-7,10-13,15-16H2,1-3H3,(H2,22,24,25);1H. The maximum atomic E-state index is 6.01. The minimum Gasteiger partial charge on any atom is -0.474 e. The average Bonchev–Trinajstić information content (AvgIpc) is 3.22. The van der Waals surface area contributed by atoms with Gasteiger partial charge < -0.3 is 20.1 Å². The lowest BCUT2D eigenvalue weighted by Crippen LogP contribution is -2.56. The Hall–Kier alpha value is -1.13. The van der Waals surface area contributed by atoms with Crippen molar-refractivity contribution >= 4 is 29.9 Å². The molecular formula is C21H36IN5O2. The quantitative estimate of drug-likeness (QED) is 0.330. The summed E-state index contributed by atoms with van der Waals surface area (Å²) in [7, 11) is 1.80. The molecule has 0 unspecified atom stereocenters. The summed E-state index contributed by atoms with van der Waals surface area (Å²) in [6.45, 7) is 9.58. The van der Waals surface area contributed by atoms with Gasteiger partial charge in [-0.2, -0.15) is 0 Å². The van der Waals surface area contributed by atoms with Gasteiger partial charge in [-0.25, -0.2) is 4.98 Å². The van der Waals surface area contributed by atoms with Gasteiger partial charge in [0.1, 0.15) is 6.10 Å². The molecule has 1 aromatic rings. The molecule has 1 aliphatic heterocycles. The number of pyridine rings is 1. The molecule has 164 valence electrons. The van der Waals surface area contributed by atoms with Crippen molar-refractivity contribution in [2.24, 2.45) is 4.99 Å². The van der Waals surface area contributed by atoms with E-state index in [1.165, 1.54) is 12.8 Å². The van der Waals surface area contributed by atoms with E-state index >= 15 is 0 Å². The van der Waals surface area contributed by atoms with Crippen LogP contribution in [0.4, 0.5) is 0 Å². The lowest BCUT2D eigenvalue weighted by atomic mass is 10.0. The normalized spacial score (nSPS) is 18.9. The van der Waals surface area contributed by atoms with Crippen LogP contribution in [0.3, 0.4) is 0 Å². The van der Waals surface area contributed by atoms with E-state index in [1.54, 1.807) is 7.05 Å². The van der Waals surface area contributed by atoms with Gasteiger partial charge >= 0.3 is 0 Å². The van der Waals surface area contributed by atoms with Crippen molar-refractivity contribution in [3.05, 3.63) is 23.9 Å². The second-order valence-corrected chi connectivity index (χ2v) is 8.22. The van der Waals surface area contributed by atoms with E-state index in [0.29, 0.717) is 12.6 Å². The van der Waals surface area contributed by atoms with E-state index in [1.807, 2.05) is 18.3 Å². The van der Waals surface area contributed by atoms with Crippen LogP contribution in [0.15, 0.2) is 23.3 Å². The lowest BCUT2D eigenvalue weighted by molar-refractivity contribution is -0.00834. The Morgan fingerprint density at radius 3 is 2.69 bits per heavy atom. The fourth-order valence-corrected chi connectivity index (χ4v) is 3.79. The average molecular weight is 517 g/mol. The van der Waals surface area contributed by atoms with Gasteiger partial charge in [-0.1, -0.05) is 0 Å². The van der Waals surface area contributed by atoms with Gasteiger partial charge in [0.2, 0.25) is 5.88 Å². The summed E-state index contributed by atoms with van der Waals surface area (Å²) in [4.78, 5) is 11.2. The van der Waals surface area contributed by atoms with Gasteiger partial charge in [0.25, 0.3) is 0 Å². The first kappa shape index (κ1) is 24.1. The minimum absolute atomic E-state index is 0. The molecule has 1 saturated carbocycles. The SMILES string of the molecule is CN=C(NCc1ccnc(OC2CCCC2)c1)NCC(C)(C)N1CCOCC1.I. The van der Waals surface area contributed by atoms with Crippen LogP contribution in [0.25, 0.3) is 0 Å². The molecule has 2 N–H and O–H groups in total. The molecule has 0 aromatic carbocycles. The van der Waals surface area contributed by atoms with Crippen molar-refractivity contribution in [3.8, 4) is 5.88 Å². The second-order valence-electron chi connectivity index (χ2n) is 8.22. The van der Waals surface area contributed by atoms with Crippen LogP contribution >= 0.6 is 24.0 Å². The van der Waals surface area contributed by atoms with Crippen LogP contribution in [-0.4, -0.2) is 67.4 Å². The fourth-order valence-electron chi connectivity index (χ4n) is 3.79. The van der Waals surface area contributed by atoms with Crippen molar-refractivity contribution < 1.29 is 9.47 Å². The van der Waals surface area contributed by atoms with Crippen LogP contribution in [0.5, 0.6) is 5.88 Å². The third kappa shape index (κ3) is 7.57. The van der Waals surface area contributed by atoms with E-state index in [2.05, 4.69) is 39.4 Å². The van der Waals surface area contributed by atoms with Crippen molar-refractivity contribution in [1.82, 2.24) is 20.5 Å². The number of hydrogen-bond acceptors (Lipinski definition) is 5. The zero-order chi connectivity index (χ0) is 19.8. The monoisotopic (exact) mass is 517 g/mol. The predicted octanol–water partition coefficient (Wildman–Crippen LogP) is 2.80. The molecule has 1 aliphatic carbocycles. The van der Waals surface area contributed by atoms with Crippen molar-refractivity contribution in [2.45, 2.75) is 57.7 Å². The summed E-state index contributed by atoms with van der Waals surface area (Å²) >= 11 is 0. The third-order valence-corrected chi connectivity index (χ3v) is 5.63. The van der Waals surface area contributed by atoms with Crippen molar-refractivity contribution in [1.29, 1.82) is 0 Å². The third-order valence-electron chi connectivity index (χ3n) is 5.63. The highest BCUT2D eigenvalue weighted by Crippen LogP contribution is 2.23. The summed E-state index contributed by atoms with van der Waals surface area (Å²) in [5.74, 6) is 1.53. The maximum Gasteiger partial charge on any atom is 0.213 e. The zero-order valence-corrected chi connectivity index (χ0v) is 20.3. The molecule has 0 radical (unpaired) electrons. The second kappa shape index (κ2) is 11.9. The molecule has 2 heterocycles. The fraction of sp³-hybridized carbons (Fsp3) is 0.714. The number of nitrogens with one attached hydrogen (secondary N) is 2. The van der Waals surface area contributed by atoms with E-state index in [0.717, 1.165) is 63.1 Å². The van der Waals surface area contributed by atoms with Crippen LogP contribution in [0.1, 0.15) is 45.1 Å². The van der Waals surface area contributed by atoms with Crippen molar-refractivity contribution in [3.63, 3.8) is 0 Å². The maximum absolute atomic E-state index is 6.01. The van der Waals surface area contributed by atoms with Crippen LogP contribution in [-0.2, 0) is 11.3 Å². The summed E-state index contributed by atoms with van der Waals surface area (Å²) in [6, 6.07) is 4.04. The van der Waals surface area contributed by atoms with Crippen LogP contribution in [0.2, 0.25) is 0 Å². The molecule has 2 aliphatic rings. The van der Waals surface area contributed by atoms with Gasteiger partial charge in [-0.15, -0.1) is 24.0 Å². The van der Waals surface area contributed by atoms with E-state index in [-0.39, 0.29) is 29.5 Å². The highest BCUT2D eigenvalue weighted by molar-refractivity contribution is 14.0. The summed E-state index contributed by atoms with van der Waals surface area (Å²) in [5.41, 5.74) is 1.18. The summed E-state index contributed by atoms with van der Waals surface area (Å²) < 4.78 is 11.5. The molecule has 2 fully saturated rings. The largest absolute Gasteiger partial charge is 0.474 e. The Labute approximate surface area is 192 Å². The molecular weight excluding hydrogens is 481 g/mol. The highest BCUT2D eigenvalue weighted by Gasteiger charge is 2.28. The number of rotatable bonds is 7. The molecule has 0 amide bonds. The molecule has 0 spiro atoms. The first-order valence-corrected chi connectivity index (χ1v) is 10.5. The first-order chi connectivity index (χ1) is 13.6. The molecule has 7 nitrogen and oxygen atoms in total. The highest BCUT2D eigenvalue weighted by atomic mass is 127. The number of hydrogen-bond donors (Lipinski definition) is 2. The van der Waals surface area contributed by atoms with Gasteiger partial charge in [-0.3, -0.25) is 9.89 Å². The minimum atomic E-state index is 0. The smallest absolute Gasteiger partial charge is 0.213 e. The number of morpholine rings is 1. The Bertz CT molecular complexity index is 644. The molecule has 0 bridgehead atoms. The number of guanidine groups is 1. The Kier molecular flexibility index (Phi) is 9.91. The van der Waals surface area contributed by atoms with E-state index < -0.39 is 0 Å². The van der Waals surface area contributed by atoms with Gasteiger partial charge in [0.15, 0.2) is 5.96 Å². The first-order valence-electron chi connectivity index (χ1n) is 10.5. The molecule has 1 aromatic heterocycles. The summed E-state index contributed by atoms with van der Waals surface area (Å²) in [5, 5.41) is 6.85. The predicted molar refractivity (Wildman–Crippen MR) is 127 cm³/mol. The van der Waals surface area contributed by atoms with Gasteiger partial charge in [-0.05, 0) is 51.2 Å². The van der Waals surface area contributed by atoms with E-state index in [4.69, 9.17) is 9.47 Å². The van der Waals surface area contributed by atoms with Gasteiger partial charge in [0.05, 0.1) is 13.2 Å². The Morgan fingerprint density at radius 1 is 1.28 bits per heavy atom. The Morgan fingerprint density at radius 2 is 2.00 bits per heavy atom. The number of aliphatic imine (C=N–C) groups is 1.